The van der Waals surface area contributed by atoms with E-state index in [4.69, 9.17) is 16.3 Å². The van der Waals surface area contributed by atoms with Gasteiger partial charge in [-0.3, -0.25) is 9.59 Å². The van der Waals surface area contributed by atoms with E-state index in [1.54, 1.807) is 6.08 Å². The summed E-state index contributed by atoms with van der Waals surface area (Å²) in [6.45, 7) is 11.5. The summed E-state index contributed by atoms with van der Waals surface area (Å²) in [5.74, 6) is 0.698. The summed E-state index contributed by atoms with van der Waals surface area (Å²) in [6.07, 6.45) is 5.11. The zero-order valence-corrected chi connectivity index (χ0v) is 20.9. The number of ether oxygens (including phenoxy) is 1. The number of Topliss-reactive ketones (excluding diaryl/α,β-unsaturated/α-hetero) is 1. The molecule has 2 aromatic rings. The molecule has 0 atom stereocenters. The van der Waals surface area contributed by atoms with Crippen LogP contribution in [0.25, 0.3) is 6.08 Å². The SMILES string of the molecule is Cc1cc2c(c(C)c1Cl)C(=O)CC1(CCN(C(=O)/C=C/c3ccc(C(C)(C)C)cc3)CC1)O2. The molecule has 2 aliphatic rings. The average Bonchev–Trinajstić information content (AvgIpc) is 2.75. The number of carbonyl (C=O) groups is 2. The molecule has 0 aliphatic carbocycles. The summed E-state index contributed by atoms with van der Waals surface area (Å²) in [4.78, 5) is 27.6. The van der Waals surface area contributed by atoms with Gasteiger partial charge in [-0.1, -0.05) is 56.6 Å². The number of amides is 1. The highest BCUT2D eigenvalue weighted by molar-refractivity contribution is 6.32. The lowest BCUT2D eigenvalue weighted by Gasteiger charge is -2.44. The van der Waals surface area contributed by atoms with E-state index in [0.717, 1.165) is 16.7 Å². The van der Waals surface area contributed by atoms with E-state index in [-0.39, 0.29) is 17.1 Å². The average molecular weight is 466 g/mol. The fraction of sp³-hybridized carbons (Fsp3) is 0.429. The van der Waals surface area contributed by atoms with Crippen molar-refractivity contribution in [3.05, 3.63) is 69.2 Å². The zero-order chi connectivity index (χ0) is 24.0. The number of nitrogens with zero attached hydrogens (tertiary/aromatic N) is 1. The van der Waals surface area contributed by atoms with Crippen molar-refractivity contribution in [1.82, 2.24) is 4.90 Å². The van der Waals surface area contributed by atoms with Crippen LogP contribution in [0.2, 0.25) is 5.02 Å². The lowest BCUT2D eigenvalue weighted by Crippen LogP contribution is -2.52. The number of piperidine rings is 1. The maximum absolute atomic E-state index is 13.0. The number of fused-ring (bicyclic) bond motifs is 1. The number of aryl methyl sites for hydroxylation is 1. The monoisotopic (exact) mass is 465 g/mol. The first-order valence-corrected chi connectivity index (χ1v) is 12.0. The van der Waals surface area contributed by atoms with Crippen molar-refractivity contribution in [2.75, 3.05) is 13.1 Å². The van der Waals surface area contributed by atoms with Crippen molar-refractivity contribution in [2.45, 2.75) is 64.9 Å². The lowest BCUT2D eigenvalue weighted by atomic mass is 9.81. The topological polar surface area (TPSA) is 46.6 Å². The molecule has 174 valence electrons. The van der Waals surface area contributed by atoms with Gasteiger partial charge in [-0.25, -0.2) is 0 Å². The third-order valence-electron chi connectivity index (χ3n) is 6.91. The number of rotatable bonds is 2. The predicted octanol–water partition coefficient (Wildman–Crippen LogP) is 6.29. The first kappa shape index (κ1) is 23.6. The number of ketones is 1. The fourth-order valence-electron chi connectivity index (χ4n) is 4.78. The minimum Gasteiger partial charge on any atom is -0.486 e. The van der Waals surface area contributed by atoms with E-state index < -0.39 is 5.60 Å². The highest BCUT2D eigenvalue weighted by atomic mass is 35.5. The molecule has 4 nitrogen and oxygen atoms in total. The molecule has 0 N–H and O–H groups in total. The van der Waals surface area contributed by atoms with Gasteiger partial charge in [-0.05, 0) is 53.7 Å². The van der Waals surface area contributed by atoms with Gasteiger partial charge < -0.3 is 9.64 Å². The molecule has 0 aromatic heterocycles. The van der Waals surface area contributed by atoms with E-state index >= 15 is 0 Å². The zero-order valence-electron chi connectivity index (χ0n) is 20.1. The molecule has 1 saturated heterocycles. The van der Waals surface area contributed by atoms with Crippen LogP contribution in [-0.2, 0) is 10.2 Å². The molecule has 2 heterocycles. The molecule has 1 spiro atoms. The van der Waals surface area contributed by atoms with E-state index in [1.807, 2.05) is 43.0 Å². The maximum Gasteiger partial charge on any atom is 0.246 e. The van der Waals surface area contributed by atoms with Gasteiger partial charge in [0.2, 0.25) is 5.91 Å². The molecule has 4 rings (SSSR count). The summed E-state index contributed by atoms with van der Waals surface area (Å²) in [5, 5.41) is 0.627. The van der Waals surface area contributed by atoms with E-state index in [2.05, 4.69) is 32.9 Å². The largest absolute Gasteiger partial charge is 0.486 e. The quantitative estimate of drug-likeness (QED) is 0.489. The second-order valence-corrected chi connectivity index (χ2v) is 10.8. The van der Waals surface area contributed by atoms with Crippen LogP contribution in [0.5, 0.6) is 5.75 Å². The predicted molar refractivity (Wildman–Crippen MR) is 133 cm³/mol. The third-order valence-corrected chi connectivity index (χ3v) is 7.50. The minimum atomic E-state index is -0.542. The smallest absolute Gasteiger partial charge is 0.246 e. The number of hydrogen-bond acceptors (Lipinski definition) is 3. The van der Waals surface area contributed by atoms with Crippen LogP contribution in [-0.4, -0.2) is 35.3 Å². The van der Waals surface area contributed by atoms with Crippen LogP contribution in [0.1, 0.15) is 72.6 Å². The minimum absolute atomic E-state index is 0.00856. The van der Waals surface area contributed by atoms with Crippen molar-refractivity contribution in [2.24, 2.45) is 0 Å². The molecule has 33 heavy (non-hydrogen) atoms. The fourth-order valence-corrected chi connectivity index (χ4v) is 4.93. The molecule has 0 saturated carbocycles. The molecule has 2 aliphatic heterocycles. The van der Waals surface area contributed by atoms with Crippen LogP contribution >= 0.6 is 11.6 Å². The normalized spacial score (nSPS) is 17.9. The Morgan fingerprint density at radius 3 is 2.36 bits per heavy atom. The molecule has 0 bridgehead atoms. The molecular weight excluding hydrogens is 434 g/mol. The first-order valence-electron chi connectivity index (χ1n) is 11.6. The van der Waals surface area contributed by atoms with Gasteiger partial charge in [0.05, 0.1) is 12.0 Å². The standard InChI is InChI=1S/C28H32ClNO3/c1-18-16-23-25(19(2)26(18)29)22(31)17-28(33-23)12-14-30(15-13-28)24(32)11-8-20-6-9-21(10-7-20)27(3,4)5/h6-11,16H,12-15,17H2,1-5H3/b11-8+. The van der Waals surface area contributed by atoms with Gasteiger partial charge in [0.15, 0.2) is 5.78 Å². The number of carbonyl (C=O) groups excluding carboxylic acids is 2. The molecule has 1 fully saturated rings. The van der Waals surface area contributed by atoms with E-state index in [1.165, 1.54) is 5.56 Å². The van der Waals surface area contributed by atoms with E-state index in [0.29, 0.717) is 48.7 Å². The van der Waals surface area contributed by atoms with Gasteiger partial charge in [0.25, 0.3) is 0 Å². The van der Waals surface area contributed by atoms with Gasteiger partial charge in [-0.15, -0.1) is 0 Å². The van der Waals surface area contributed by atoms with Gasteiger partial charge >= 0.3 is 0 Å². The summed E-state index contributed by atoms with van der Waals surface area (Å²) < 4.78 is 6.41. The Balaban J connectivity index is 1.41. The van der Waals surface area contributed by atoms with Crippen LogP contribution in [0.4, 0.5) is 0 Å². The summed E-state index contributed by atoms with van der Waals surface area (Å²) in [5.41, 5.74) is 4.14. The summed E-state index contributed by atoms with van der Waals surface area (Å²) >= 11 is 6.35. The van der Waals surface area contributed by atoms with Crippen molar-refractivity contribution >= 4 is 29.4 Å². The third kappa shape index (κ3) is 4.72. The second-order valence-electron chi connectivity index (χ2n) is 10.4. The van der Waals surface area contributed by atoms with Gasteiger partial charge in [0.1, 0.15) is 11.4 Å². The second kappa shape index (κ2) is 8.64. The van der Waals surface area contributed by atoms with Crippen molar-refractivity contribution in [3.63, 3.8) is 0 Å². The Kier molecular flexibility index (Phi) is 6.17. The Bertz CT molecular complexity index is 1120. The molecule has 0 unspecified atom stereocenters. The summed E-state index contributed by atoms with van der Waals surface area (Å²) in [7, 11) is 0. The number of halogens is 1. The van der Waals surface area contributed by atoms with Crippen molar-refractivity contribution < 1.29 is 14.3 Å². The van der Waals surface area contributed by atoms with Crippen LogP contribution in [0.15, 0.2) is 36.4 Å². The van der Waals surface area contributed by atoms with Gasteiger partial charge in [0, 0.05) is 37.0 Å². The first-order chi connectivity index (χ1) is 15.5. The Morgan fingerprint density at radius 1 is 1.12 bits per heavy atom. The van der Waals surface area contributed by atoms with Crippen LogP contribution in [0, 0.1) is 13.8 Å². The Labute approximate surface area is 201 Å². The van der Waals surface area contributed by atoms with Crippen LogP contribution < -0.4 is 4.74 Å². The van der Waals surface area contributed by atoms with E-state index in [9.17, 15) is 9.59 Å². The van der Waals surface area contributed by atoms with Crippen LogP contribution in [0.3, 0.4) is 0 Å². The number of likely N-dealkylation sites (tertiary alicyclic amines) is 1. The highest BCUT2D eigenvalue weighted by Gasteiger charge is 2.44. The molecule has 1 amide bonds. The molecule has 5 heteroatoms. The Morgan fingerprint density at radius 2 is 1.76 bits per heavy atom. The lowest BCUT2D eigenvalue weighted by molar-refractivity contribution is -0.129. The highest BCUT2D eigenvalue weighted by Crippen LogP contribution is 2.43. The Hall–Kier alpha value is -2.59. The number of benzene rings is 2. The van der Waals surface area contributed by atoms with Crippen molar-refractivity contribution in [1.29, 1.82) is 0 Å². The molecule has 0 radical (unpaired) electrons. The molecule has 2 aromatic carbocycles. The summed E-state index contributed by atoms with van der Waals surface area (Å²) in [6, 6.07) is 10.2. The van der Waals surface area contributed by atoms with Crippen molar-refractivity contribution in [3.8, 4) is 5.75 Å². The molecular formula is C28H32ClNO3. The van der Waals surface area contributed by atoms with Gasteiger partial charge in [-0.2, -0.15) is 0 Å². The maximum atomic E-state index is 13.0. The number of hydrogen-bond donors (Lipinski definition) is 0.